The molecule has 2 heterocycles. The van der Waals surface area contributed by atoms with Crippen LogP contribution in [0.25, 0.3) is 22.5 Å². The number of benzene rings is 2. The Morgan fingerprint density at radius 3 is 2.42 bits per heavy atom. The van der Waals surface area contributed by atoms with Crippen LogP contribution in [-0.4, -0.2) is 27.2 Å². The van der Waals surface area contributed by atoms with E-state index in [0.717, 1.165) is 15.8 Å². The highest BCUT2D eigenvalue weighted by Gasteiger charge is 2.23. The van der Waals surface area contributed by atoms with Crippen LogP contribution in [0.1, 0.15) is 29.9 Å². The summed E-state index contributed by atoms with van der Waals surface area (Å²) >= 11 is 0. The summed E-state index contributed by atoms with van der Waals surface area (Å²) in [6.45, 7) is 7.51. The normalized spacial score (nSPS) is 10.8. The lowest BCUT2D eigenvalue weighted by Gasteiger charge is -2.08. The summed E-state index contributed by atoms with van der Waals surface area (Å²) in [4.78, 5) is 28.4. The molecule has 0 saturated carbocycles. The molecule has 1 N–H and O–H groups in total. The number of para-hydroxylation sites is 1. The smallest absolute Gasteiger partial charge is 0.344 e. The molecule has 0 aliphatic heterocycles. The second kappa shape index (κ2) is 8.31. The first-order valence-corrected chi connectivity index (χ1v) is 9.80. The average Bonchev–Trinajstić information content (AvgIpc) is 3.16. The first-order chi connectivity index (χ1) is 15.0. The molecule has 31 heavy (non-hydrogen) atoms. The standard InChI is InChI=1S/C24H21N3O4/c1-4-30-24(29)21-22(15(2)3)26-27-20(28)14-19(25-23(21)27)16-10-12-18(13-11-16)31-17-8-6-5-7-9-17/h5-14,25H,2,4H2,1,3H3. The van der Waals surface area contributed by atoms with Crippen LogP contribution in [0.4, 0.5) is 0 Å². The summed E-state index contributed by atoms with van der Waals surface area (Å²) in [7, 11) is 0. The van der Waals surface area contributed by atoms with Gasteiger partial charge in [0.2, 0.25) is 0 Å². The summed E-state index contributed by atoms with van der Waals surface area (Å²) in [5.41, 5.74) is 2.28. The Kier molecular flexibility index (Phi) is 5.41. The highest BCUT2D eigenvalue weighted by molar-refractivity contribution is 6.00. The fourth-order valence-corrected chi connectivity index (χ4v) is 3.22. The van der Waals surface area contributed by atoms with E-state index in [2.05, 4.69) is 16.7 Å². The van der Waals surface area contributed by atoms with Crippen LogP contribution in [-0.2, 0) is 4.74 Å². The molecule has 0 saturated heterocycles. The molecular formula is C24H21N3O4. The number of aromatic amines is 1. The van der Waals surface area contributed by atoms with Crippen molar-refractivity contribution in [2.45, 2.75) is 13.8 Å². The van der Waals surface area contributed by atoms with Crippen molar-refractivity contribution >= 4 is 17.2 Å². The predicted molar refractivity (Wildman–Crippen MR) is 118 cm³/mol. The number of esters is 1. The number of hydrogen-bond donors (Lipinski definition) is 1. The van der Waals surface area contributed by atoms with Gasteiger partial charge in [0.15, 0.2) is 5.65 Å². The van der Waals surface area contributed by atoms with Crippen molar-refractivity contribution in [3.63, 3.8) is 0 Å². The SMILES string of the molecule is C=C(C)c1nn2c(=O)cc(-c3ccc(Oc4ccccc4)cc3)[nH]c2c1C(=O)OCC. The molecule has 0 unspecified atom stereocenters. The van der Waals surface area contributed by atoms with Crippen molar-refractivity contribution < 1.29 is 14.3 Å². The molecule has 7 nitrogen and oxygen atoms in total. The maximum atomic E-state index is 12.7. The van der Waals surface area contributed by atoms with Crippen molar-refractivity contribution in [3.8, 4) is 22.8 Å². The summed E-state index contributed by atoms with van der Waals surface area (Å²) in [5.74, 6) is 0.838. The molecule has 0 radical (unpaired) electrons. The molecule has 0 spiro atoms. The summed E-state index contributed by atoms with van der Waals surface area (Å²) < 4.78 is 12.1. The molecule has 0 fully saturated rings. The minimum atomic E-state index is -0.560. The van der Waals surface area contributed by atoms with Crippen LogP contribution < -0.4 is 10.3 Å². The van der Waals surface area contributed by atoms with Crippen LogP contribution >= 0.6 is 0 Å². The van der Waals surface area contributed by atoms with Gasteiger partial charge >= 0.3 is 5.97 Å². The maximum Gasteiger partial charge on any atom is 0.344 e. The fourth-order valence-electron chi connectivity index (χ4n) is 3.22. The number of fused-ring (bicyclic) bond motifs is 1. The molecule has 156 valence electrons. The maximum absolute atomic E-state index is 12.7. The number of H-pyrrole nitrogens is 1. The lowest BCUT2D eigenvalue weighted by Crippen LogP contribution is -2.15. The Morgan fingerprint density at radius 2 is 1.77 bits per heavy atom. The van der Waals surface area contributed by atoms with E-state index in [9.17, 15) is 9.59 Å². The number of carbonyl (C=O) groups excluding carboxylic acids is 1. The minimum absolute atomic E-state index is 0.192. The summed E-state index contributed by atoms with van der Waals surface area (Å²) in [5, 5.41) is 4.26. The van der Waals surface area contributed by atoms with Gasteiger partial charge in [0.1, 0.15) is 22.8 Å². The highest BCUT2D eigenvalue weighted by atomic mass is 16.5. The van der Waals surface area contributed by atoms with Crippen LogP contribution in [0.3, 0.4) is 0 Å². The molecule has 0 aliphatic rings. The van der Waals surface area contributed by atoms with E-state index in [1.54, 1.807) is 13.8 Å². The molecule has 4 aromatic rings. The number of ether oxygens (including phenoxy) is 2. The lowest BCUT2D eigenvalue weighted by atomic mass is 10.1. The van der Waals surface area contributed by atoms with Gasteiger partial charge in [-0.3, -0.25) is 4.79 Å². The number of rotatable bonds is 6. The zero-order valence-corrected chi connectivity index (χ0v) is 17.2. The number of hydrogen-bond acceptors (Lipinski definition) is 5. The van der Waals surface area contributed by atoms with Gasteiger partial charge in [-0.2, -0.15) is 9.61 Å². The number of allylic oxidation sites excluding steroid dienone is 1. The topological polar surface area (TPSA) is 85.7 Å². The van der Waals surface area contributed by atoms with Gasteiger partial charge in [-0.25, -0.2) is 4.79 Å². The van der Waals surface area contributed by atoms with Crippen molar-refractivity contribution in [3.05, 3.63) is 88.9 Å². The number of nitrogens with zero attached hydrogens (tertiary/aromatic N) is 2. The molecular weight excluding hydrogens is 394 g/mol. The summed E-state index contributed by atoms with van der Waals surface area (Å²) in [6, 6.07) is 18.2. The molecule has 0 atom stereocenters. The number of nitrogens with one attached hydrogen (secondary N) is 1. The highest BCUT2D eigenvalue weighted by Crippen LogP contribution is 2.26. The third kappa shape index (κ3) is 3.98. The third-order valence-corrected chi connectivity index (χ3v) is 4.64. The number of aromatic nitrogens is 3. The van der Waals surface area contributed by atoms with Crippen LogP contribution in [0.5, 0.6) is 11.5 Å². The van der Waals surface area contributed by atoms with Crippen molar-refractivity contribution in [2.75, 3.05) is 6.61 Å². The second-order valence-electron chi connectivity index (χ2n) is 6.95. The van der Waals surface area contributed by atoms with Gasteiger partial charge in [-0.05, 0) is 61.4 Å². The van der Waals surface area contributed by atoms with E-state index >= 15 is 0 Å². The Balaban J connectivity index is 1.76. The molecule has 0 aliphatic carbocycles. The first-order valence-electron chi connectivity index (χ1n) is 9.80. The molecule has 7 heteroatoms. The molecule has 0 amide bonds. The Hall–Kier alpha value is -4.13. The van der Waals surface area contributed by atoms with Gasteiger partial charge in [-0.1, -0.05) is 24.8 Å². The van der Waals surface area contributed by atoms with Gasteiger partial charge in [-0.15, -0.1) is 0 Å². The minimum Gasteiger partial charge on any atom is -0.462 e. The molecule has 2 aromatic heterocycles. The Bertz CT molecular complexity index is 1320. The Labute approximate surface area is 178 Å². The molecule has 0 bridgehead atoms. The second-order valence-corrected chi connectivity index (χ2v) is 6.95. The van der Waals surface area contributed by atoms with Crippen molar-refractivity contribution in [2.24, 2.45) is 0 Å². The summed E-state index contributed by atoms with van der Waals surface area (Å²) in [6.07, 6.45) is 0. The van der Waals surface area contributed by atoms with E-state index in [0.29, 0.717) is 22.7 Å². The van der Waals surface area contributed by atoms with Gasteiger partial charge in [0, 0.05) is 6.07 Å². The lowest BCUT2D eigenvalue weighted by molar-refractivity contribution is 0.0528. The predicted octanol–water partition coefficient (Wildman–Crippen LogP) is 4.69. The third-order valence-electron chi connectivity index (χ3n) is 4.64. The van der Waals surface area contributed by atoms with Crippen LogP contribution in [0, 0.1) is 0 Å². The Morgan fingerprint density at radius 1 is 1.10 bits per heavy atom. The monoisotopic (exact) mass is 415 g/mol. The average molecular weight is 415 g/mol. The van der Waals surface area contributed by atoms with E-state index in [1.807, 2.05) is 54.6 Å². The fraction of sp³-hybridized carbons (Fsp3) is 0.125. The molecule has 2 aromatic carbocycles. The van der Waals surface area contributed by atoms with Crippen molar-refractivity contribution in [1.82, 2.24) is 14.6 Å². The largest absolute Gasteiger partial charge is 0.462 e. The number of carbonyl (C=O) groups is 1. The van der Waals surface area contributed by atoms with E-state index in [-0.39, 0.29) is 23.4 Å². The van der Waals surface area contributed by atoms with Gasteiger partial charge in [0.05, 0.1) is 12.3 Å². The van der Waals surface area contributed by atoms with Gasteiger partial charge in [0.25, 0.3) is 5.56 Å². The zero-order chi connectivity index (χ0) is 22.0. The van der Waals surface area contributed by atoms with Crippen LogP contribution in [0.2, 0.25) is 0 Å². The zero-order valence-electron chi connectivity index (χ0n) is 17.2. The quantitative estimate of drug-likeness (QED) is 0.462. The molecule has 4 rings (SSSR count). The first kappa shape index (κ1) is 20.2. The van der Waals surface area contributed by atoms with E-state index in [4.69, 9.17) is 9.47 Å². The van der Waals surface area contributed by atoms with E-state index < -0.39 is 5.97 Å². The van der Waals surface area contributed by atoms with Gasteiger partial charge < -0.3 is 14.5 Å². The van der Waals surface area contributed by atoms with Crippen LogP contribution in [0.15, 0.2) is 72.0 Å². The van der Waals surface area contributed by atoms with E-state index in [1.165, 1.54) is 6.07 Å². The van der Waals surface area contributed by atoms with Crippen molar-refractivity contribution in [1.29, 1.82) is 0 Å².